The Balaban J connectivity index is 1.98. The summed E-state index contributed by atoms with van der Waals surface area (Å²) in [7, 11) is 1.47. The molecule has 116 valence electrons. The molecule has 22 heavy (non-hydrogen) atoms. The zero-order chi connectivity index (χ0) is 15.9. The summed E-state index contributed by atoms with van der Waals surface area (Å²) in [5.41, 5.74) is 1.34. The molecule has 0 saturated carbocycles. The van der Waals surface area contributed by atoms with Gasteiger partial charge in [0.05, 0.1) is 6.10 Å². The van der Waals surface area contributed by atoms with Gasteiger partial charge in [-0.05, 0) is 11.6 Å². The van der Waals surface area contributed by atoms with Gasteiger partial charge in [-0.1, -0.05) is 60.1 Å². The Bertz CT molecular complexity index is 618. The molecule has 0 saturated heterocycles. The molecule has 2 aromatic carbocycles. The number of aliphatic hydroxyl groups is 1. The Morgan fingerprint density at radius 1 is 1.18 bits per heavy atom. The average Bonchev–Trinajstić information content (AvgIpc) is 2.55. The van der Waals surface area contributed by atoms with Gasteiger partial charge in [0.25, 0.3) is 5.91 Å². The van der Waals surface area contributed by atoms with Crippen LogP contribution in [-0.4, -0.2) is 24.7 Å². The number of nitrogens with one attached hydrogen (secondary N) is 1. The minimum atomic E-state index is -0.870. The highest BCUT2D eigenvalue weighted by Crippen LogP contribution is 2.22. The van der Waals surface area contributed by atoms with Gasteiger partial charge in [-0.2, -0.15) is 0 Å². The second kappa shape index (κ2) is 7.94. The summed E-state index contributed by atoms with van der Waals surface area (Å²) in [6.45, 7) is 0.0647. The third-order valence-corrected chi connectivity index (χ3v) is 3.65. The maximum atomic E-state index is 12.2. The van der Waals surface area contributed by atoms with Gasteiger partial charge in [-0.3, -0.25) is 4.79 Å². The molecule has 0 aromatic heterocycles. The molecule has 2 aromatic rings. The van der Waals surface area contributed by atoms with E-state index in [4.69, 9.17) is 16.3 Å². The van der Waals surface area contributed by atoms with E-state index in [0.29, 0.717) is 10.6 Å². The van der Waals surface area contributed by atoms with Crippen LogP contribution in [0.4, 0.5) is 0 Å². The maximum Gasteiger partial charge on any atom is 0.253 e. The molecule has 0 heterocycles. The van der Waals surface area contributed by atoms with Gasteiger partial charge in [-0.15, -0.1) is 0 Å². The number of rotatable bonds is 6. The number of carbonyl (C=O) groups is 1. The van der Waals surface area contributed by atoms with Crippen LogP contribution in [0, 0.1) is 0 Å². The van der Waals surface area contributed by atoms with Crippen LogP contribution < -0.4 is 5.32 Å². The Labute approximate surface area is 134 Å². The van der Waals surface area contributed by atoms with Crippen molar-refractivity contribution in [3.05, 3.63) is 70.7 Å². The quantitative estimate of drug-likeness (QED) is 0.860. The lowest BCUT2D eigenvalue weighted by Crippen LogP contribution is -2.33. The van der Waals surface area contributed by atoms with Crippen LogP contribution in [0.2, 0.25) is 5.02 Å². The summed E-state index contributed by atoms with van der Waals surface area (Å²) in [6.07, 6.45) is -1.58. The van der Waals surface area contributed by atoms with Gasteiger partial charge < -0.3 is 15.2 Å². The van der Waals surface area contributed by atoms with E-state index in [1.807, 2.05) is 30.3 Å². The first-order valence-corrected chi connectivity index (χ1v) is 7.29. The van der Waals surface area contributed by atoms with Gasteiger partial charge in [0.1, 0.15) is 0 Å². The van der Waals surface area contributed by atoms with Crippen molar-refractivity contribution in [1.82, 2.24) is 5.32 Å². The number of ether oxygens (including phenoxy) is 1. The Morgan fingerprint density at radius 2 is 1.82 bits per heavy atom. The SMILES string of the molecule is CO[C@@H](C(=O)NC[C@H](O)c1ccccc1Cl)c1ccccc1. The van der Waals surface area contributed by atoms with E-state index >= 15 is 0 Å². The lowest BCUT2D eigenvalue weighted by molar-refractivity contribution is -0.131. The van der Waals surface area contributed by atoms with Crippen molar-refractivity contribution in [2.75, 3.05) is 13.7 Å². The third-order valence-electron chi connectivity index (χ3n) is 3.31. The molecule has 2 atom stereocenters. The molecule has 2 rings (SSSR count). The van der Waals surface area contributed by atoms with E-state index < -0.39 is 12.2 Å². The molecular weight excluding hydrogens is 302 g/mol. The summed E-state index contributed by atoms with van der Waals surface area (Å²) in [5, 5.41) is 13.3. The molecule has 1 amide bonds. The fraction of sp³-hybridized carbons (Fsp3) is 0.235. The summed E-state index contributed by atoms with van der Waals surface area (Å²) in [4.78, 5) is 12.2. The van der Waals surface area contributed by atoms with Crippen LogP contribution in [0.5, 0.6) is 0 Å². The van der Waals surface area contributed by atoms with Gasteiger partial charge in [0.15, 0.2) is 6.10 Å². The molecule has 0 bridgehead atoms. The number of amides is 1. The first-order valence-electron chi connectivity index (χ1n) is 6.91. The molecule has 0 unspecified atom stereocenters. The Morgan fingerprint density at radius 3 is 2.45 bits per heavy atom. The van der Waals surface area contributed by atoms with E-state index in [1.165, 1.54) is 7.11 Å². The molecule has 0 spiro atoms. The molecule has 2 N–H and O–H groups in total. The zero-order valence-corrected chi connectivity index (χ0v) is 13.0. The summed E-state index contributed by atoms with van der Waals surface area (Å²) < 4.78 is 5.24. The van der Waals surface area contributed by atoms with Crippen molar-refractivity contribution < 1.29 is 14.6 Å². The van der Waals surface area contributed by atoms with Crippen LogP contribution >= 0.6 is 11.6 Å². The lowest BCUT2D eigenvalue weighted by atomic mass is 10.1. The highest BCUT2D eigenvalue weighted by Gasteiger charge is 2.21. The van der Waals surface area contributed by atoms with Crippen molar-refractivity contribution in [2.24, 2.45) is 0 Å². The van der Waals surface area contributed by atoms with Crippen LogP contribution in [0.3, 0.4) is 0 Å². The topological polar surface area (TPSA) is 58.6 Å². The third kappa shape index (κ3) is 4.07. The predicted octanol–water partition coefficient (Wildman–Crippen LogP) is 2.88. The Hall–Kier alpha value is -1.88. The summed E-state index contributed by atoms with van der Waals surface area (Å²) in [6, 6.07) is 16.2. The number of benzene rings is 2. The first kappa shape index (κ1) is 16.5. The van der Waals surface area contributed by atoms with Crippen molar-refractivity contribution in [2.45, 2.75) is 12.2 Å². The van der Waals surface area contributed by atoms with Gasteiger partial charge >= 0.3 is 0 Å². The van der Waals surface area contributed by atoms with E-state index in [1.54, 1.807) is 24.3 Å². The van der Waals surface area contributed by atoms with Crippen LogP contribution in [0.1, 0.15) is 23.3 Å². The largest absolute Gasteiger partial charge is 0.387 e. The van der Waals surface area contributed by atoms with Gasteiger partial charge in [0.2, 0.25) is 0 Å². The number of hydrogen-bond donors (Lipinski definition) is 2. The number of halogens is 1. The normalized spacial score (nSPS) is 13.4. The molecule has 5 heteroatoms. The van der Waals surface area contributed by atoms with E-state index in [9.17, 15) is 9.90 Å². The number of aliphatic hydroxyl groups excluding tert-OH is 1. The van der Waals surface area contributed by atoms with Crippen molar-refractivity contribution >= 4 is 17.5 Å². The molecule has 0 fully saturated rings. The molecule has 4 nitrogen and oxygen atoms in total. The number of carbonyl (C=O) groups excluding carboxylic acids is 1. The maximum absolute atomic E-state index is 12.2. The molecule has 0 aliphatic heterocycles. The fourth-order valence-corrected chi connectivity index (χ4v) is 2.43. The lowest BCUT2D eigenvalue weighted by Gasteiger charge is -2.18. The standard InChI is InChI=1S/C17H18ClNO3/c1-22-16(12-7-3-2-4-8-12)17(21)19-11-15(20)13-9-5-6-10-14(13)18/h2-10,15-16,20H,11H2,1H3,(H,19,21)/t15-,16+/m0/s1. The molecule has 0 aliphatic rings. The number of hydrogen-bond acceptors (Lipinski definition) is 3. The van der Waals surface area contributed by atoms with Crippen molar-refractivity contribution in [3.63, 3.8) is 0 Å². The van der Waals surface area contributed by atoms with E-state index in [2.05, 4.69) is 5.32 Å². The van der Waals surface area contributed by atoms with E-state index in [0.717, 1.165) is 5.56 Å². The van der Waals surface area contributed by atoms with Gasteiger partial charge in [0, 0.05) is 24.2 Å². The minimum absolute atomic E-state index is 0.0647. The van der Waals surface area contributed by atoms with E-state index in [-0.39, 0.29) is 12.5 Å². The second-order valence-electron chi connectivity index (χ2n) is 4.81. The van der Waals surface area contributed by atoms with Crippen molar-refractivity contribution in [3.8, 4) is 0 Å². The predicted molar refractivity (Wildman–Crippen MR) is 85.6 cm³/mol. The highest BCUT2D eigenvalue weighted by atomic mass is 35.5. The monoisotopic (exact) mass is 319 g/mol. The average molecular weight is 320 g/mol. The zero-order valence-electron chi connectivity index (χ0n) is 12.2. The van der Waals surface area contributed by atoms with Crippen LogP contribution in [0.25, 0.3) is 0 Å². The highest BCUT2D eigenvalue weighted by molar-refractivity contribution is 6.31. The fourth-order valence-electron chi connectivity index (χ4n) is 2.17. The second-order valence-corrected chi connectivity index (χ2v) is 5.22. The van der Waals surface area contributed by atoms with Crippen LogP contribution in [-0.2, 0) is 9.53 Å². The minimum Gasteiger partial charge on any atom is -0.387 e. The summed E-state index contributed by atoms with van der Waals surface area (Å²) in [5.74, 6) is -0.306. The Kier molecular flexibility index (Phi) is 5.95. The smallest absolute Gasteiger partial charge is 0.253 e. The van der Waals surface area contributed by atoms with Gasteiger partial charge in [-0.25, -0.2) is 0 Å². The summed E-state index contributed by atoms with van der Waals surface area (Å²) >= 11 is 6.02. The molecule has 0 aliphatic carbocycles. The molecular formula is C17H18ClNO3. The van der Waals surface area contributed by atoms with Crippen molar-refractivity contribution in [1.29, 1.82) is 0 Å². The molecule has 0 radical (unpaired) electrons. The first-order chi connectivity index (χ1) is 10.6. The number of methoxy groups -OCH3 is 1. The van der Waals surface area contributed by atoms with Crippen LogP contribution in [0.15, 0.2) is 54.6 Å².